The molecule has 0 aliphatic rings. The summed E-state index contributed by atoms with van der Waals surface area (Å²) in [6.07, 6.45) is -5.18. The Balaban J connectivity index is 2.80. The van der Waals surface area contributed by atoms with Crippen LogP contribution in [0.2, 0.25) is 0 Å². The molecule has 1 unspecified atom stereocenters. The van der Waals surface area contributed by atoms with Crippen molar-refractivity contribution in [2.75, 3.05) is 0 Å². The summed E-state index contributed by atoms with van der Waals surface area (Å²) < 4.78 is 37.3. The third-order valence-corrected chi connectivity index (χ3v) is 2.35. The van der Waals surface area contributed by atoms with Crippen molar-refractivity contribution in [3.05, 3.63) is 42.5 Å². The van der Waals surface area contributed by atoms with E-state index < -0.39 is 18.2 Å². The second-order valence-electron chi connectivity index (χ2n) is 3.92. The largest absolute Gasteiger partial charge is 0.417 e. The summed E-state index contributed by atoms with van der Waals surface area (Å²) in [5.41, 5.74) is -1.87. The van der Waals surface area contributed by atoms with E-state index in [-0.39, 0.29) is 5.57 Å². The quantitative estimate of drug-likeness (QED) is 0.843. The van der Waals surface area contributed by atoms with Crippen LogP contribution in [0, 0.1) is 0 Å². The molecule has 1 nitrogen and oxygen atoms in total. The molecule has 1 rings (SSSR count). The molecule has 88 valence electrons. The van der Waals surface area contributed by atoms with Crippen LogP contribution in [-0.2, 0) is 0 Å². The van der Waals surface area contributed by atoms with Gasteiger partial charge in [0, 0.05) is 6.42 Å². The highest BCUT2D eigenvalue weighted by Gasteiger charge is 2.49. The SMILES string of the molecule is C=C(CC(C)(O)C(F)(F)F)c1ccccc1. The van der Waals surface area contributed by atoms with Crippen molar-refractivity contribution < 1.29 is 18.3 Å². The lowest BCUT2D eigenvalue weighted by Crippen LogP contribution is -2.42. The van der Waals surface area contributed by atoms with Crippen LogP contribution in [0.15, 0.2) is 36.9 Å². The fraction of sp³-hybridized carbons (Fsp3) is 0.333. The maximum absolute atomic E-state index is 12.4. The van der Waals surface area contributed by atoms with Gasteiger partial charge in [0.25, 0.3) is 0 Å². The smallest absolute Gasteiger partial charge is 0.380 e. The van der Waals surface area contributed by atoms with Crippen LogP contribution in [0.3, 0.4) is 0 Å². The first kappa shape index (κ1) is 12.8. The second-order valence-corrected chi connectivity index (χ2v) is 3.92. The molecule has 1 atom stereocenters. The van der Waals surface area contributed by atoms with Crippen molar-refractivity contribution in [1.29, 1.82) is 0 Å². The van der Waals surface area contributed by atoms with Gasteiger partial charge in [0.15, 0.2) is 5.60 Å². The van der Waals surface area contributed by atoms with Crippen LogP contribution in [0.4, 0.5) is 13.2 Å². The summed E-state index contributed by atoms with van der Waals surface area (Å²) in [4.78, 5) is 0. The van der Waals surface area contributed by atoms with Crippen molar-refractivity contribution in [3.63, 3.8) is 0 Å². The Hall–Kier alpha value is -1.29. The van der Waals surface area contributed by atoms with Crippen LogP contribution in [-0.4, -0.2) is 16.9 Å². The number of aliphatic hydroxyl groups is 1. The van der Waals surface area contributed by atoms with Crippen molar-refractivity contribution in [3.8, 4) is 0 Å². The topological polar surface area (TPSA) is 20.2 Å². The van der Waals surface area contributed by atoms with Gasteiger partial charge >= 0.3 is 6.18 Å². The van der Waals surface area contributed by atoms with Crippen LogP contribution >= 0.6 is 0 Å². The van der Waals surface area contributed by atoms with E-state index in [0.717, 1.165) is 6.92 Å². The van der Waals surface area contributed by atoms with Gasteiger partial charge in [-0.15, -0.1) is 0 Å². The van der Waals surface area contributed by atoms with E-state index in [1.54, 1.807) is 30.3 Å². The van der Waals surface area contributed by atoms with Gasteiger partial charge in [-0.25, -0.2) is 0 Å². The highest BCUT2D eigenvalue weighted by atomic mass is 19.4. The minimum Gasteiger partial charge on any atom is -0.380 e. The highest BCUT2D eigenvalue weighted by molar-refractivity contribution is 5.64. The lowest BCUT2D eigenvalue weighted by atomic mass is 9.92. The Bertz CT molecular complexity index is 366. The molecule has 0 aromatic heterocycles. The number of hydrogen-bond acceptors (Lipinski definition) is 1. The van der Waals surface area contributed by atoms with E-state index in [1.807, 2.05) is 0 Å². The Labute approximate surface area is 92.2 Å². The lowest BCUT2D eigenvalue weighted by Gasteiger charge is -2.27. The molecule has 0 bridgehead atoms. The van der Waals surface area contributed by atoms with Gasteiger partial charge in [-0.05, 0) is 18.1 Å². The minimum atomic E-state index is -4.65. The predicted octanol–water partition coefficient (Wildman–Crippen LogP) is 3.40. The number of rotatable bonds is 3. The first-order valence-electron chi connectivity index (χ1n) is 4.76. The molecular weight excluding hydrogens is 217 g/mol. The summed E-state index contributed by atoms with van der Waals surface area (Å²) in [7, 11) is 0. The van der Waals surface area contributed by atoms with E-state index in [4.69, 9.17) is 0 Å². The number of benzene rings is 1. The van der Waals surface area contributed by atoms with E-state index in [1.165, 1.54) is 0 Å². The van der Waals surface area contributed by atoms with Gasteiger partial charge in [0.1, 0.15) is 0 Å². The normalized spacial score (nSPS) is 15.6. The van der Waals surface area contributed by atoms with Gasteiger partial charge in [0.2, 0.25) is 0 Å². The summed E-state index contributed by atoms with van der Waals surface area (Å²) in [6, 6.07) is 8.51. The average molecular weight is 230 g/mol. The van der Waals surface area contributed by atoms with Crippen LogP contribution in [0.5, 0.6) is 0 Å². The molecule has 0 saturated heterocycles. The summed E-state index contributed by atoms with van der Waals surface area (Å²) in [6.45, 7) is 4.31. The van der Waals surface area contributed by atoms with Gasteiger partial charge in [-0.3, -0.25) is 0 Å². The molecular formula is C12H13F3O. The number of alkyl halides is 3. The molecule has 4 heteroatoms. The third kappa shape index (κ3) is 2.85. The Morgan fingerprint density at radius 1 is 1.25 bits per heavy atom. The number of hydrogen-bond donors (Lipinski definition) is 1. The van der Waals surface area contributed by atoms with Crippen molar-refractivity contribution >= 4 is 5.57 Å². The number of halogens is 3. The van der Waals surface area contributed by atoms with E-state index >= 15 is 0 Å². The second kappa shape index (κ2) is 4.29. The standard InChI is InChI=1S/C12H13F3O/c1-9(10-6-4-3-5-7-10)8-11(2,16)12(13,14)15/h3-7,16H,1,8H2,2H3. The Morgan fingerprint density at radius 3 is 2.19 bits per heavy atom. The Morgan fingerprint density at radius 2 is 1.75 bits per heavy atom. The highest BCUT2D eigenvalue weighted by Crippen LogP contribution is 2.36. The zero-order valence-electron chi connectivity index (χ0n) is 8.88. The molecule has 0 fully saturated rings. The minimum absolute atomic E-state index is 0.267. The molecule has 0 radical (unpaired) electrons. The summed E-state index contributed by atoms with van der Waals surface area (Å²) in [5.74, 6) is 0. The molecule has 1 N–H and O–H groups in total. The maximum atomic E-state index is 12.4. The molecule has 0 amide bonds. The fourth-order valence-corrected chi connectivity index (χ4v) is 1.29. The Kier molecular flexibility index (Phi) is 3.43. The van der Waals surface area contributed by atoms with Crippen molar-refractivity contribution in [1.82, 2.24) is 0 Å². The zero-order chi connectivity index (χ0) is 12.4. The molecule has 0 saturated carbocycles. The van der Waals surface area contributed by atoms with Gasteiger partial charge < -0.3 is 5.11 Å². The predicted molar refractivity (Wildman–Crippen MR) is 56.8 cm³/mol. The van der Waals surface area contributed by atoms with E-state index in [9.17, 15) is 18.3 Å². The molecule has 1 aromatic rings. The van der Waals surface area contributed by atoms with E-state index in [2.05, 4.69) is 6.58 Å². The van der Waals surface area contributed by atoms with Crippen LogP contribution < -0.4 is 0 Å². The molecule has 0 spiro atoms. The van der Waals surface area contributed by atoms with Crippen molar-refractivity contribution in [2.24, 2.45) is 0 Å². The zero-order valence-corrected chi connectivity index (χ0v) is 8.88. The lowest BCUT2D eigenvalue weighted by molar-refractivity contribution is -0.250. The van der Waals surface area contributed by atoms with Gasteiger partial charge in [-0.2, -0.15) is 13.2 Å². The average Bonchev–Trinajstić information content (AvgIpc) is 2.16. The van der Waals surface area contributed by atoms with Gasteiger partial charge in [0.05, 0.1) is 0 Å². The monoisotopic (exact) mass is 230 g/mol. The van der Waals surface area contributed by atoms with Gasteiger partial charge in [-0.1, -0.05) is 36.9 Å². The van der Waals surface area contributed by atoms with Crippen LogP contribution in [0.25, 0.3) is 5.57 Å². The maximum Gasteiger partial charge on any atom is 0.417 e. The molecule has 0 aliphatic heterocycles. The molecule has 1 aromatic carbocycles. The van der Waals surface area contributed by atoms with Crippen LogP contribution in [0.1, 0.15) is 18.9 Å². The first-order valence-corrected chi connectivity index (χ1v) is 4.76. The molecule has 16 heavy (non-hydrogen) atoms. The summed E-state index contributed by atoms with van der Waals surface area (Å²) in [5, 5.41) is 9.30. The summed E-state index contributed by atoms with van der Waals surface area (Å²) >= 11 is 0. The first-order chi connectivity index (χ1) is 7.24. The molecule has 0 aliphatic carbocycles. The van der Waals surface area contributed by atoms with Crippen molar-refractivity contribution in [2.45, 2.75) is 25.1 Å². The van der Waals surface area contributed by atoms with E-state index in [0.29, 0.717) is 5.56 Å². The molecule has 0 heterocycles. The third-order valence-electron chi connectivity index (χ3n) is 2.35. The fourth-order valence-electron chi connectivity index (χ4n) is 1.29.